The van der Waals surface area contributed by atoms with E-state index in [1.165, 1.54) is 17.7 Å². The number of hydrogen-bond donors (Lipinski definition) is 1. The van der Waals surface area contributed by atoms with Crippen LogP contribution in [0.1, 0.15) is 17.5 Å². The lowest BCUT2D eigenvalue weighted by Gasteiger charge is -2.31. The van der Waals surface area contributed by atoms with E-state index < -0.39 is 0 Å². The maximum absolute atomic E-state index is 9.97. The third-order valence-corrected chi connectivity index (χ3v) is 4.10. The molecule has 0 amide bonds. The Morgan fingerprint density at radius 1 is 1.16 bits per heavy atom. The summed E-state index contributed by atoms with van der Waals surface area (Å²) in [6.07, 6.45) is 2.32. The van der Waals surface area contributed by atoms with E-state index in [0.717, 1.165) is 29.5 Å². The number of hydrogen-bond acceptors (Lipinski definition) is 2. The molecule has 3 heteroatoms. The van der Waals surface area contributed by atoms with E-state index in [-0.39, 0.29) is 0 Å². The standard InChI is InChI=1S/C16H16BrNO/c17-14-7-8-16(19)13(10-14)11-18-9-3-5-12-4-1-2-6-15(12)18/h1-2,4,6-8,10,19H,3,5,9,11H2. The summed E-state index contributed by atoms with van der Waals surface area (Å²) in [6, 6.07) is 14.1. The first-order valence-electron chi connectivity index (χ1n) is 6.54. The molecule has 0 saturated heterocycles. The van der Waals surface area contributed by atoms with Crippen LogP contribution in [0.3, 0.4) is 0 Å². The number of benzene rings is 2. The Kier molecular flexibility index (Phi) is 3.47. The van der Waals surface area contributed by atoms with E-state index in [1.54, 1.807) is 6.07 Å². The minimum absolute atomic E-state index is 0.367. The van der Waals surface area contributed by atoms with Crippen molar-refractivity contribution in [2.75, 3.05) is 11.4 Å². The number of fused-ring (bicyclic) bond motifs is 1. The Morgan fingerprint density at radius 3 is 2.89 bits per heavy atom. The zero-order valence-electron chi connectivity index (χ0n) is 10.6. The van der Waals surface area contributed by atoms with Gasteiger partial charge in [0.15, 0.2) is 0 Å². The molecular weight excluding hydrogens is 302 g/mol. The van der Waals surface area contributed by atoms with Crippen LogP contribution in [-0.2, 0) is 13.0 Å². The molecule has 1 aliphatic rings. The minimum Gasteiger partial charge on any atom is -0.508 e. The van der Waals surface area contributed by atoms with Gasteiger partial charge in [-0.05, 0) is 42.7 Å². The molecule has 0 unspecified atom stereocenters. The molecule has 0 radical (unpaired) electrons. The first kappa shape index (κ1) is 12.5. The number of anilines is 1. The molecule has 0 saturated carbocycles. The van der Waals surface area contributed by atoms with Gasteiger partial charge in [-0.3, -0.25) is 0 Å². The fraction of sp³-hybridized carbons (Fsp3) is 0.250. The first-order valence-corrected chi connectivity index (χ1v) is 7.33. The van der Waals surface area contributed by atoms with Crippen LogP contribution >= 0.6 is 15.9 Å². The molecule has 0 atom stereocenters. The number of rotatable bonds is 2. The largest absolute Gasteiger partial charge is 0.508 e. The molecule has 0 aliphatic carbocycles. The van der Waals surface area contributed by atoms with Crippen LogP contribution in [0.15, 0.2) is 46.9 Å². The lowest BCUT2D eigenvalue weighted by molar-refractivity contribution is 0.466. The summed E-state index contributed by atoms with van der Waals surface area (Å²) >= 11 is 3.46. The number of nitrogens with zero attached hydrogens (tertiary/aromatic N) is 1. The number of aromatic hydroxyl groups is 1. The highest BCUT2D eigenvalue weighted by molar-refractivity contribution is 9.10. The third kappa shape index (κ3) is 2.61. The van der Waals surface area contributed by atoms with Crippen molar-refractivity contribution in [3.8, 4) is 5.75 Å². The zero-order chi connectivity index (χ0) is 13.2. The predicted octanol–water partition coefficient (Wildman–Crippen LogP) is 4.11. The van der Waals surface area contributed by atoms with Crippen LogP contribution in [0.5, 0.6) is 5.75 Å². The molecule has 19 heavy (non-hydrogen) atoms. The second-order valence-electron chi connectivity index (χ2n) is 4.93. The van der Waals surface area contributed by atoms with Gasteiger partial charge in [0.05, 0.1) is 0 Å². The van der Waals surface area contributed by atoms with E-state index in [0.29, 0.717) is 5.75 Å². The van der Waals surface area contributed by atoms with Crippen LogP contribution in [0.4, 0.5) is 5.69 Å². The quantitative estimate of drug-likeness (QED) is 0.901. The van der Waals surface area contributed by atoms with Crippen molar-refractivity contribution in [3.05, 3.63) is 58.1 Å². The van der Waals surface area contributed by atoms with Gasteiger partial charge < -0.3 is 10.0 Å². The molecule has 2 aromatic carbocycles. The smallest absolute Gasteiger partial charge is 0.120 e. The second-order valence-corrected chi connectivity index (χ2v) is 5.84. The minimum atomic E-state index is 0.367. The van der Waals surface area contributed by atoms with E-state index in [1.807, 2.05) is 12.1 Å². The summed E-state index contributed by atoms with van der Waals surface area (Å²) in [5.74, 6) is 0.367. The van der Waals surface area contributed by atoms with Gasteiger partial charge in [-0.1, -0.05) is 34.1 Å². The predicted molar refractivity (Wildman–Crippen MR) is 81.6 cm³/mol. The van der Waals surface area contributed by atoms with Crippen LogP contribution < -0.4 is 4.90 Å². The molecular formula is C16H16BrNO. The van der Waals surface area contributed by atoms with Gasteiger partial charge in [-0.15, -0.1) is 0 Å². The Labute approximate surface area is 121 Å². The first-order chi connectivity index (χ1) is 9.24. The average molecular weight is 318 g/mol. The van der Waals surface area contributed by atoms with Crippen LogP contribution in [-0.4, -0.2) is 11.7 Å². The van der Waals surface area contributed by atoms with Crippen LogP contribution in [0, 0.1) is 0 Å². The lowest BCUT2D eigenvalue weighted by atomic mass is 10.0. The molecule has 1 N–H and O–H groups in total. The van der Waals surface area contributed by atoms with Gasteiger partial charge in [0.25, 0.3) is 0 Å². The van der Waals surface area contributed by atoms with Crippen LogP contribution in [0.25, 0.3) is 0 Å². The Bertz CT molecular complexity index is 597. The molecule has 2 aromatic rings. The normalized spacial score (nSPS) is 14.3. The van der Waals surface area contributed by atoms with Gasteiger partial charge in [-0.2, -0.15) is 0 Å². The fourth-order valence-electron chi connectivity index (χ4n) is 2.66. The highest BCUT2D eigenvalue weighted by atomic mass is 79.9. The van der Waals surface area contributed by atoms with Crippen molar-refractivity contribution in [2.45, 2.75) is 19.4 Å². The SMILES string of the molecule is Oc1ccc(Br)cc1CN1CCCc2ccccc21. The maximum Gasteiger partial charge on any atom is 0.120 e. The van der Waals surface area contributed by atoms with Gasteiger partial charge in [0, 0.05) is 28.8 Å². The van der Waals surface area contributed by atoms with Crippen molar-refractivity contribution in [1.82, 2.24) is 0 Å². The van der Waals surface area contributed by atoms with Gasteiger partial charge in [-0.25, -0.2) is 0 Å². The van der Waals surface area contributed by atoms with E-state index in [2.05, 4.69) is 45.1 Å². The molecule has 0 fully saturated rings. The lowest BCUT2D eigenvalue weighted by Crippen LogP contribution is -2.28. The average Bonchev–Trinajstić information content (AvgIpc) is 2.43. The summed E-state index contributed by atoms with van der Waals surface area (Å²) < 4.78 is 1.01. The van der Waals surface area contributed by atoms with Gasteiger partial charge in [0.1, 0.15) is 5.75 Å². The van der Waals surface area contributed by atoms with E-state index in [4.69, 9.17) is 0 Å². The Balaban J connectivity index is 1.90. The van der Waals surface area contributed by atoms with Gasteiger partial charge in [0.2, 0.25) is 0 Å². The molecule has 3 rings (SSSR count). The second kappa shape index (κ2) is 5.25. The number of phenolic OH excluding ortho intramolecular Hbond substituents is 1. The maximum atomic E-state index is 9.97. The number of aryl methyl sites for hydroxylation is 1. The summed E-state index contributed by atoms with van der Waals surface area (Å²) in [5.41, 5.74) is 3.67. The fourth-order valence-corrected chi connectivity index (χ4v) is 3.07. The molecule has 0 spiro atoms. The molecule has 1 aliphatic heterocycles. The van der Waals surface area contributed by atoms with E-state index in [9.17, 15) is 5.11 Å². The summed E-state index contributed by atoms with van der Waals surface area (Å²) in [5, 5.41) is 9.97. The Hall–Kier alpha value is -1.48. The van der Waals surface area contributed by atoms with E-state index >= 15 is 0 Å². The molecule has 0 bridgehead atoms. The Morgan fingerprint density at radius 2 is 2.00 bits per heavy atom. The highest BCUT2D eigenvalue weighted by Crippen LogP contribution is 2.30. The van der Waals surface area contributed by atoms with Crippen molar-refractivity contribution < 1.29 is 5.11 Å². The molecule has 98 valence electrons. The molecule has 1 heterocycles. The summed E-state index contributed by atoms with van der Waals surface area (Å²) in [4.78, 5) is 2.35. The van der Waals surface area contributed by atoms with Crippen molar-refractivity contribution in [3.63, 3.8) is 0 Å². The monoisotopic (exact) mass is 317 g/mol. The summed E-state index contributed by atoms with van der Waals surface area (Å²) in [7, 11) is 0. The highest BCUT2D eigenvalue weighted by Gasteiger charge is 2.17. The summed E-state index contributed by atoms with van der Waals surface area (Å²) in [6.45, 7) is 1.80. The zero-order valence-corrected chi connectivity index (χ0v) is 12.2. The third-order valence-electron chi connectivity index (χ3n) is 3.61. The van der Waals surface area contributed by atoms with Gasteiger partial charge >= 0.3 is 0 Å². The number of para-hydroxylation sites is 1. The molecule has 2 nitrogen and oxygen atoms in total. The van der Waals surface area contributed by atoms with Crippen molar-refractivity contribution in [1.29, 1.82) is 0 Å². The number of halogens is 1. The van der Waals surface area contributed by atoms with Crippen LogP contribution in [0.2, 0.25) is 0 Å². The number of phenols is 1. The topological polar surface area (TPSA) is 23.5 Å². The van der Waals surface area contributed by atoms with Crippen molar-refractivity contribution in [2.24, 2.45) is 0 Å². The molecule has 0 aromatic heterocycles. The van der Waals surface area contributed by atoms with Crippen molar-refractivity contribution >= 4 is 21.6 Å².